The molecular weight excluding hydrogens is 959 g/mol. The first-order valence-electron chi connectivity index (χ1n) is 27.8. The summed E-state index contributed by atoms with van der Waals surface area (Å²) in [6.07, 6.45) is 28.7. The first-order valence-corrected chi connectivity index (χ1v) is 30.8. The normalized spacial score (nSPS) is 14.5. The van der Waals surface area contributed by atoms with Crippen molar-refractivity contribution < 1.29 is 80.2 Å². The van der Waals surface area contributed by atoms with E-state index in [9.17, 15) is 43.2 Å². The van der Waals surface area contributed by atoms with Gasteiger partial charge in [-0.15, -0.1) is 0 Å². The lowest BCUT2D eigenvalue weighted by atomic mass is 10.0. The SMILES string of the molecule is CCCCCCCCCCCCCCCC(=O)O[C@H](COC(=O)CCCCCCCCCC)COP(=O)(O)OC[C@@H](O)COP(=O)(O)OC[C@@H](COC(=O)CCCCCCC)OC(=O)CCCCCCC. The minimum absolute atomic E-state index is 0.0989. The maximum atomic E-state index is 12.8. The highest BCUT2D eigenvalue weighted by Gasteiger charge is 2.30. The van der Waals surface area contributed by atoms with E-state index in [-0.39, 0.29) is 25.7 Å². The summed E-state index contributed by atoms with van der Waals surface area (Å²) in [6, 6.07) is 0. The third-order valence-electron chi connectivity index (χ3n) is 11.9. The molecule has 0 spiro atoms. The molecule has 3 N–H and O–H groups in total. The van der Waals surface area contributed by atoms with Crippen molar-refractivity contribution in [3.63, 3.8) is 0 Å². The average Bonchev–Trinajstić information content (AvgIpc) is 3.34. The topological polar surface area (TPSA) is 237 Å². The second kappa shape index (κ2) is 47.8. The van der Waals surface area contributed by atoms with Crippen molar-refractivity contribution in [3.05, 3.63) is 0 Å². The number of ether oxygens (including phenoxy) is 4. The Morgan fingerprint density at radius 3 is 0.831 bits per heavy atom. The molecular formula is C52H100O17P2. The van der Waals surface area contributed by atoms with Gasteiger partial charge in [-0.3, -0.25) is 37.3 Å². The van der Waals surface area contributed by atoms with Crippen LogP contribution in [0.4, 0.5) is 0 Å². The predicted octanol–water partition coefficient (Wildman–Crippen LogP) is 13.3. The number of aliphatic hydroxyl groups is 1. The summed E-state index contributed by atoms with van der Waals surface area (Å²) < 4.78 is 67.0. The van der Waals surface area contributed by atoms with E-state index in [1.54, 1.807) is 0 Å². The standard InChI is InChI=1S/C52H100O17P2/c1-5-9-13-17-19-21-22-23-24-25-27-31-35-39-52(57)69-48(43-63-50(55)37-33-30-26-20-18-14-10-6-2)45-67-71(60,61)65-41-46(53)40-64-70(58,59)66-44-47(68-51(56)38-34-29-16-12-8-4)42-62-49(54)36-32-28-15-11-7-3/h46-48,53H,5-45H2,1-4H3,(H,58,59)(H,60,61)/t46-,47+,48+/m0/s1. The highest BCUT2D eigenvalue weighted by atomic mass is 31.2. The van der Waals surface area contributed by atoms with Crippen molar-refractivity contribution in [2.75, 3.05) is 39.6 Å². The second-order valence-electron chi connectivity index (χ2n) is 18.9. The molecule has 420 valence electrons. The Hall–Kier alpha value is -1.94. The first kappa shape index (κ1) is 69.1. The molecule has 0 aliphatic carbocycles. The van der Waals surface area contributed by atoms with Crippen LogP contribution in [0.1, 0.15) is 252 Å². The van der Waals surface area contributed by atoms with Crippen LogP contribution >= 0.6 is 15.6 Å². The molecule has 0 amide bonds. The van der Waals surface area contributed by atoms with E-state index >= 15 is 0 Å². The van der Waals surface area contributed by atoms with Gasteiger partial charge in [0.15, 0.2) is 12.2 Å². The molecule has 0 radical (unpaired) electrons. The van der Waals surface area contributed by atoms with Gasteiger partial charge in [-0.2, -0.15) is 0 Å². The summed E-state index contributed by atoms with van der Waals surface area (Å²) in [5.74, 6) is -2.17. The van der Waals surface area contributed by atoms with Crippen LogP contribution in [0.2, 0.25) is 0 Å². The average molecular weight is 1060 g/mol. The monoisotopic (exact) mass is 1060 g/mol. The molecule has 0 saturated carbocycles. The van der Waals surface area contributed by atoms with Gasteiger partial charge in [-0.1, -0.05) is 201 Å². The number of esters is 4. The Kier molecular flexibility index (Phi) is 46.4. The van der Waals surface area contributed by atoms with E-state index in [0.29, 0.717) is 25.7 Å². The zero-order valence-electron chi connectivity index (χ0n) is 44.7. The highest BCUT2D eigenvalue weighted by Crippen LogP contribution is 2.45. The molecule has 0 aromatic rings. The van der Waals surface area contributed by atoms with E-state index in [4.69, 9.17) is 37.0 Å². The molecule has 0 rings (SSSR count). The lowest BCUT2D eigenvalue weighted by molar-refractivity contribution is -0.161. The fraction of sp³-hybridized carbons (Fsp3) is 0.923. The van der Waals surface area contributed by atoms with Crippen molar-refractivity contribution in [1.82, 2.24) is 0 Å². The number of carbonyl (C=O) groups excluding carboxylic acids is 4. The number of rotatable bonds is 53. The summed E-state index contributed by atoms with van der Waals surface area (Å²) in [4.78, 5) is 71.0. The Bertz CT molecular complexity index is 1400. The first-order chi connectivity index (χ1) is 34.2. The van der Waals surface area contributed by atoms with E-state index in [1.165, 1.54) is 70.6 Å². The van der Waals surface area contributed by atoms with Gasteiger partial charge >= 0.3 is 39.5 Å². The largest absolute Gasteiger partial charge is 0.472 e. The molecule has 17 nitrogen and oxygen atoms in total. The number of hydrogen-bond donors (Lipinski definition) is 3. The van der Waals surface area contributed by atoms with Crippen molar-refractivity contribution in [1.29, 1.82) is 0 Å². The zero-order chi connectivity index (χ0) is 52.7. The number of phosphoric ester groups is 2. The molecule has 0 aliphatic heterocycles. The summed E-state index contributed by atoms with van der Waals surface area (Å²) in [7, 11) is -9.84. The van der Waals surface area contributed by atoms with E-state index in [1.807, 2.05) is 0 Å². The lowest BCUT2D eigenvalue weighted by Gasteiger charge is -2.21. The fourth-order valence-electron chi connectivity index (χ4n) is 7.51. The van der Waals surface area contributed by atoms with Crippen molar-refractivity contribution in [3.8, 4) is 0 Å². The molecule has 0 bridgehead atoms. The third kappa shape index (κ3) is 47.5. The predicted molar refractivity (Wildman–Crippen MR) is 275 cm³/mol. The smallest absolute Gasteiger partial charge is 0.462 e. The minimum atomic E-state index is -4.92. The number of carbonyl (C=O) groups is 4. The molecule has 0 aromatic carbocycles. The fourth-order valence-corrected chi connectivity index (χ4v) is 9.09. The van der Waals surface area contributed by atoms with Crippen LogP contribution in [-0.2, 0) is 65.4 Å². The van der Waals surface area contributed by atoms with Crippen molar-refractivity contribution in [2.24, 2.45) is 0 Å². The lowest BCUT2D eigenvalue weighted by Crippen LogP contribution is -2.30. The molecule has 0 heterocycles. The van der Waals surface area contributed by atoms with Crippen molar-refractivity contribution >= 4 is 39.5 Å². The van der Waals surface area contributed by atoms with E-state index in [0.717, 1.165) is 103 Å². The Morgan fingerprint density at radius 2 is 0.563 bits per heavy atom. The van der Waals surface area contributed by atoms with Crippen LogP contribution in [0.25, 0.3) is 0 Å². The molecule has 71 heavy (non-hydrogen) atoms. The summed E-state index contributed by atoms with van der Waals surface area (Å²) in [5, 5.41) is 10.4. The molecule has 2 unspecified atom stereocenters. The van der Waals surface area contributed by atoms with Gasteiger partial charge in [0.05, 0.1) is 26.4 Å². The quantitative estimate of drug-likeness (QED) is 0.0222. The van der Waals surface area contributed by atoms with Crippen LogP contribution < -0.4 is 0 Å². The number of aliphatic hydroxyl groups excluding tert-OH is 1. The second-order valence-corrected chi connectivity index (χ2v) is 21.8. The highest BCUT2D eigenvalue weighted by molar-refractivity contribution is 7.47. The van der Waals surface area contributed by atoms with Crippen molar-refractivity contribution in [2.45, 2.75) is 271 Å². The minimum Gasteiger partial charge on any atom is -0.462 e. The third-order valence-corrected chi connectivity index (χ3v) is 13.8. The molecule has 0 saturated heterocycles. The van der Waals surface area contributed by atoms with Crippen LogP contribution in [-0.4, -0.2) is 96.7 Å². The maximum absolute atomic E-state index is 12.8. The Balaban J connectivity index is 5.12. The van der Waals surface area contributed by atoms with Gasteiger partial charge in [0, 0.05) is 25.7 Å². The van der Waals surface area contributed by atoms with E-state index < -0.39 is 97.5 Å². The molecule has 0 fully saturated rings. The van der Waals surface area contributed by atoms with Gasteiger partial charge in [-0.05, 0) is 25.7 Å². The Morgan fingerprint density at radius 1 is 0.338 bits per heavy atom. The van der Waals surface area contributed by atoms with Gasteiger partial charge in [0.1, 0.15) is 19.3 Å². The summed E-state index contributed by atoms with van der Waals surface area (Å²) in [6.45, 7) is 4.59. The molecule has 0 aliphatic rings. The number of unbranched alkanes of at least 4 members (excludes halogenated alkanes) is 27. The van der Waals surface area contributed by atoms with Crippen LogP contribution in [0.5, 0.6) is 0 Å². The van der Waals surface area contributed by atoms with Crippen LogP contribution in [0.3, 0.4) is 0 Å². The maximum Gasteiger partial charge on any atom is 0.472 e. The molecule has 19 heteroatoms. The molecule has 5 atom stereocenters. The van der Waals surface area contributed by atoms with E-state index in [2.05, 4.69) is 27.7 Å². The van der Waals surface area contributed by atoms with Gasteiger partial charge in [0.2, 0.25) is 0 Å². The molecule has 0 aromatic heterocycles. The van der Waals surface area contributed by atoms with Crippen LogP contribution in [0, 0.1) is 0 Å². The number of hydrogen-bond acceptors (Lipinski definition) is 15. The van der Waals surface area contributed by atoms with Crippen LogP contribution in [0.15, 0.2) is 0 Å². The summed E-state index contributed by atoms with van der Waals surface area (Å²) in [5.41, 5.74) is 0. The summed E-state index contributed by atoms with van der Waals surface area (Å²) >= 11 is 0. The zero-order valence-corrected chi connectivity index (χ0v) is 46.5. The van der Waals surface area contributed by atoms with Gasteiger partial charge in [0.25, 0.3) is 0 Å². The van der Waals surface area contributed by atoms with Gasteiger partial charge in [-0.25, -0.2) is 9.13 Å². The Labute approximate surface area is 428 Å². The number of phosphoric acid groups is 2. The van der Waals surface area contributed by atoms with Gasteiger partial charge < -0.3 is 33.8 Å².